The number of benzene rings is 1. The Kier molecular flexibility index (Phi) is 5.78. The molecule has 114 valence electrons. The van der Waals surface area contributed by atoms with E-state index in [2.05, 4.69) is 22.5 Å². The molecule has 0 amide bonds. The summed E-state index contributed by atoms with van der Waals surface area (Å²) in [6.45, 7) is 4.82. The van der Waals surface area contributed by atoms with Crippen molar-refractivity contribution in [3.05, 3.63) is 47.3 Å². The fourth-order valence-electron chi connectivity index (χ4n) is 2.16. The molecule has 5 nitrogen and oxygen atoms in total. The van der Waals surface area contributed by atoms with E-state index >= 15 is 0 Å². The summed E-state index contributed by atoms with van der Waals surface area (Å²) in [6.07, 6.45) is 1.95. The molecule has 0 aliphatic rings. The highest BCUT2D eigenvalue weighted by atomic mass is 16.5. The van der Waals surface area contributed by atoms with Crippen molar-refractivity contribution in [1.29, 1.82) is 0 Å². The maximum atomic E-state index is 5.48. The first kappa shape index (κ1) is 15.5. The van der Waals surface area contributed by atoms with Crippen LogP contribution in [0, 0.1) is 0 Å². The number of methoxy groups -OCH3 is 1. The van der Waals surface area contributed by atoms with Crippen molar-refractivity contribution in [3.63, 3.8) is 0 Å². The first-order valence-electron chi connectivity index (χ1n) is 7.15. The summed E-state index contributed by atoms with van der Waals surface area (Å²) in [5.74, 6) is 0.872. The van der Waals surface area contributed by atoms with Crippen LogP contribution in [0.5, 0.6) is 5.75 Å². The van der Waals surface area contributed by atoms with Crippen LogP contribution >= 0.6 is 0 Å². The van der Waals surface area contributed by atoms with Crippen LogP contribution in [0.25, 0.3) is 0 Å². The van der Waals surface area contributed by atoms with Crippen LogP contribution in [0.15, 0.2) is 30.5 Å². The molecule has 1 aromatic carbocycles. The van der Waals surface area contributed by atoms with Gasteiger partial charge in [-0.25, -0.2) is 0 Å². The molecule has 0 aliphatic heterocycles. The smallest absolute Gasteiger partial charge is 0.124 e. The zero-order valence-corrected chi connectivity index (χ0v) is 12.9. The first-order valence-corrected chi connectivity index (χ1v) is 7.15. The second-order valence-corrected chi connectivity index (χ2v) is 4.87. The van der Waals surface area contributed by atoms with Crippen molar-refractivity contribution in [3.8, 4) is 5.75 Å². The van der Waals surface area contributed by atoms with Gasteiger partial charge in [-0.2, -0.15) is 5.10 Å². The second-order valence-electron chi connectivity index (χ2n) is 4.87. The van der Waals surface area contributed by atoms with Gasteiger partial charge < -0.3 is 14.8 Å². The number of hydrogen-bond donors (Lipinski definition) is 1. The number of nitrogens with zero attached hydrogens (tertiary/aromatic N) is 2. The number of aryl methyl sites for hydroxylation is 1. The number of hydrogen-bond acceptors (Lipinski definition) is 4. The lowest BCUT2D eigenvalue weighted by atomic mass is 10.1. The number of rotatable bonds is 8. The van der Waals surface area contributed by atoms with Gasteiger partial charge in [0.15, 0.2) is 0 Å². The normalized spacial score (nSPS) is 10.8. The standard InChI is InChI=1S/C16H23N3O2/c1-4-21-12-14-9-13(5-6-16(14)20-3)10-17-11-15-7-8-19(2)18-15/h5-9,17H,4,10-12H2,1-3H3. The quantitative estimate of drug-likeness (QED) is 0.810. The van der Waals surface area contributed by atoms with Crippen LogP contribution in [-0.2, 0) is 31.5 Å². The number of aromatic nitrogens is 2. The molecule has 0 atom stereocenters. The topological polar surface area (TPSA) is 48.3 Å². The Labute approximate surface area is 125 Å². The average Bonchev–Trinajstić information content (AvgIpc) is 2.91. The summed E-state index contributed by atoms with van der Waals surface area (Å²) < 4.78 is 12.7. The van der Waals surface area contributed by atoms with E-state index < -0.39 is 0 Å². The maximum absolute atomic E-state index is 5.48. The highest BCUT2D eigenvalue weighted by Crippen LogP contribution is 2.20. The van der Waals surface area contributed by atoms with Gasteiger partial charge in [0.2, 0.25) is 0 Å². The predicted octanol–water partition coefficient (Wildman–Crippen LogP) is 2.26. The van der Waals surface area contributed by atoms with E-state index in [9.17, 15) is 0 Å². The minimum absolute atomic E-state index is 0.577. The molecule has 21 heavy (non-hydrogen) atoms. The summed E-state index contributed by atoms with van der Waals surface area (Å²) in [5.41, 5.74) is 3.33. The van der Waals surface area contributed by atoms with Crippen LogP contribution < -0.4 is 10.1 Å². The van der Waals surface area contributed by atoms with Crippen molar-refractivity contribution < 1.29 is 9.47 Å². The molecule has 1 heterocycles. The summed E-state index contributed by atoms with van der Waals surface area (Å²) in [7, 11) is 3.61. The SMILES string of the molecule is CCOCc1cc(CNCc2ccn(C)n2)ccc1OC. The summed E-state index contributed by atoms with van der Waals surface area (Å²) in [5, 5.41) is 7.74. The maximum Gasteiger partial charge on any atom is 0.124 e. The van der Waals surface area contributed by atoms with Crippen molar-refractivity contribution in [2.45, 2.75) is 26.6 Å². The van der Waals surface area contributed by atoms with Crippen molar-refractivity contribution >= 4 is 0 Å². The zero-order chi connectivity index (χ0) is 15.1. The second kappa shape index (κ2) is 7.81. The fraction of sp³-hybridized carbons (Fsp3) is 0.438. The van der Waals surface area contributed by atoms with E-state index in [0.717, 1.165) is 30.1 Å². The Balaban J connectivity index is 1.93. The monoisotopic (exact) mass is 289 g/mol. The van der Waals surface area contributed by atoms with Gasteiger partial charge in [-0.1, -0.05) is 6.07 Å². The van der Waals surface area contributed by atoms with Gasteiger partial charge in [0.1, 0.15) is 5.75 Å². The van der Waals surface area contributed by atoms with Gasteiger partial charge in [-0.15, -0.1) is 0 Å². The third kappa shape index (κ3) is 4.58. The lowest BCUT2D eigenvalue weighted by molar-refractivity contribution is 0.132. The van der Waals surface area contributed by atoms with Gasteiger partial charge >= 0.3 is 0 Å². The molecule has 0 fully saturated rings. The molecule has 0 spiro atoms. The Morgan fingerprint density at radius 1 is 1.24 bits per heavy atom. The van der Waals surface area contributed by atoms with Crippen LogP contribution in [0.3, 0.4) is 0 Å². The molecular weight excluding hydrogens is 266 g/mol. The summed E-state index contributed by atoms with van der Waals surface area (Å²) >= 11 is 0. The van der Waals surface area contributed by atoms with Gasteiger partial charge in [0, 0.05) is 38.5 Å². The van der Waals surface area contributed by atoms with Gasteiger partial charge in [0.05, 0.1) is 19.4 Å². The van der Waals surface area contributed by atoms with Crippen LogP contribution in [0.1, 0.15) is 23.7 Å². The minimum Gasteiger partial charge on any atom is -0.496 e. The van der Waals surface area contributed by atoms with E-state index in [1.54, 1.807) is 7.11 Å². The Morgan fingerprint density at radius 2 is 2.10 bits per heavy atom. The molecule has 1 aromatic heterocycles. The molecule has 1 N–H and O–H groups in total. The molecule has 0 radical (unpaired) electrons. The Bertz CT molecular complexity index is 566. The fourth-order valence-corrected chi connectivity index (χ4v) is 2.16. The lowest BCUT2D eigenvalue weighted by Crippen LogP contribution is -2.13. The predicted molar refractivity (Wildman–Crippen MR) is 82.1 cm³/mol. The van der Waals surface area contributed by atoms with E-state index in [4.69, 9.17) is 9.47 Å². The van der Waals surface area contributed by atoms with E-state index in [0.29, 0.717) is 13.2 Å². The zero-order valence-electron chi connectivity index (χ0n) is 12.9. The number of nitrogens with one attached hydrogen (secondary N) is 1. The Hall–Kier alpha value is -1.85. The molecule has 0 bridgehead atoms. The molecule has 0 saturated carbocycles. The summed E-state index contributed by atoms with van der Waals surface area (Å²) in [4.78, 5) is 0. The molecule has 0 unspecified atom stereocenters. The van der Waals surface area contributed by atoms with E-state index in [1.807, 2.05) is 37.0 Å². The molecule has 2 aromatic rings. The van der Waals surface area contributed by atoms with Gasteiger partial charge in [0.25, 0.3) is 0 Å². The molecule has 0 aliphatic carbocycles. The average molecular weight is 289 g/mol. The highest BCUT2D eigenvalue weighted by molar-refractivity contribution is 5.36. The van der Waals surface area contributed by atoms with Crippen molar-refractivity contribution in [2.24, 2.45) is 7.05 Å². The minimum atomic E-state index is 0.577. The first-order chi connectivity index (χ1) is 10.2. The molecular formula is C16H23N3O2. The highest BCUT2D eigenvalue weighted by Gasteiger charge is 2.05. The van der Waals surface area contributed by atoms with Crippen molar-refractivity contribution in [1.82, 2.24) is 15.1 Å². The van der Waals surface area contributed by atoms with Crippen LogP contribution in [-0.4, -0.2) is 23.5 Å². The molecule has 2 rings (SSSR count). The van der Waals surface area contributed by atoms with Crippen LogP contribution in [0.2, 0.25) is 0 Å². The van der Waals surface area contributed by atoms with E-state index in [1.165, 1.54) is 5.56 Å². The lowest BCUT2D eigenvalue weighted by Gasteiger charge is -2.11. The van der Waals surface area contributed by atoms with Gasteiger partial charge in [-0.05, 0) is 30.7 Å². The summed E-state index contributed by atoms with van der Waals surface area (Å²) in [6, 6.07) is 8.20. The van der Waals surface area contributed by atoms with Crippen LogP contribution in [0.4, 0.5) is 0 Å². The largest absolute Gasteiger partial charge is 0.496 e. The van der Waals surface area contributed by atoms with E-state index in [-0.39, 0.29) is 0 Å². The number of ether oxygens (including phenoxy) is 2. The third-order valence-electron chi connectivity index (χ3n) is 3.21. The third-order valence-corrected chi connectivity index (χ3v) is 3.21. The van der Waals surface area contributed by atoms with Gasteiger partial charge in [-0.3, -0.25) is 4.68 Å². The Morgan fingerprint density at radius 3 is 2.76 bits per heavy atom. The molecule has 0 saturated heterocycles. The van der Waals surface area contributed by atoms with Crippen molar-refractivity contribution in [2.75, 3.05) is 13.7 Å². The molecule has 5 heteroatoms.